The van der Waals surface area contributed by atoms with Crippen molar-refractivity contribution in [3.63, 3.8) is 0 Å². The molecule has 9 nitrogen and oxygen atoms in total. The van der Waals surface area contributed by atoms with Gasteiger partial charge in [0.05, 0.1) is 0 Å². The Bertz CT molecular complexity index is 1110. The summed E-state index contributed by atoms with van der Waals surface area (Å²) in [5.41, 5.74) is 1.18. The van der Waals surface area contributed by atoms with E-state index in [1.54, 1.807) is 30.5 Å². The van der Waals surface area contributed by atoms with Gasteiger partial charge in [-0.2, -0.15) is 4.99 Å². The van der Waals surface area contributed by atoms with Crippen LogP contribution in [0.1, 0.15) is 29.6 Å². The summed E-state index contributed by atoms with van der Waals surface area (Å²) in [5.74, 6) is 0.425. The molecule has 182 valence electrons. The predicted molar refractivity (Wildman–Crippen MR) is 137 cm³/mol. The molecular weight excluding hydrogens is 464 g/mol. The van der Waals surface area contributed by atoms with Gasteiger partial charge in [-0.05, 0) is 49.2 Å². The Kier molecular flexibility index (Phi) is 6.98. The first-order valence-electron chi connectivity index (χ1n) is 12.0. The highest BCUT2D eigenvalue weighted by Gasteiger charge is 2.33. The van der Waals surface area contributed by atoms with Crippen molar-refractivity contribution in [3.8, 4) is 0 Å². The lowest BCUT2D eigenvalue weighted by molar-refractivity contribution is -0.121. The number of amides is 3. The molecule has 10 heteroatoms. The molecule has 1 aromatic carbocycles. The standard InChI is InChI=1S/C25H28N6O3S/c32-22(17-20-23(33)28-25(35-20)31-11-3-4-12-31)27-19-8-6-18(7-9-19)24(34)30-15-13-29(14-16-30)21-5-1-2-10-26-21/h1-2,5-10,20H,3-4,11-17H2,(H,27,32)/t20-/m1/s1. The maximum atomic E-state index is 12.9. The van der Waals surface area contributed by atoms with Crippen molar-refractivity contribution < 1.29 is 14.4 Å². The number of carbonyl (C=O) groups is 3. The van der Waals surface area contributed by atoms with Crippen LogP contribution in [0.5, 0.6) is 0 Å². The Balaban J connectivity index is 1.10. The lowest BCUT2D eigenvalue weighted by Gasteiger charge is -2.35. The van der Waals surface area contributed by atoms with Crippen LogP contribution >= 0.6 is 11.8 Å². The SMILES string of the molecule is O=C(C[C@H]1SC(N2CCCC2)=NC1=O)Nc1ccc(C(=O)N2CCN(c3ccccn3)CC2)cc1. The average molecular weight is 493 g/mol. The van der Waals surface area contributed by atoms with Crippen LogP contribution in [0, 0.1) is 0 Å². The van der Waals surface area contributed by atoms with E-state index in [-0.39, 0.29) is 24.1 Å². The largest absolute Gasteiger partial charge is 0.353 e. The maximum Gasteiger partial charge on any atom is 0.262 e. The molecular formula is C25H28N6O3S. The van der Waals surface area contributed by atoms with E-state index in [1.807, 2.05) is 23.1 Å². The van der Waals surface area contributed by atoms with E-state index in [4.69, 9.17) is 0 Å². The highest BCUT2D eigenvalue weighted by molar-refractivity contribution is 8.15. The van der Waals surface area contributed by atoms with Gasteiger partial charge in [-0.1, -0.05) is 17.8 Å². The van der Waals surface area contributed by atoms with Crippen LogP contribution in [-0.4, -0.2) is 82.2 Å². The molecule has 3 aliphatic rings. The number of nitrogens with zero attached hydrogens (tertiary/aromatic N) is 5. The summed E-state index contributed by atoms with van der Waals surface area (Å²) in [6, 6.07) is 12.7. The van der Waals surface area contributed by atoms with E-state index >= 15 is 0 Å². The Morgan fingerprint density at radius 2 is 1.69 bits per heavy atom. The molecule has 3 aliphatic heterocycles. The number of nitrogens with one attached hydrogen (secondary N) is 1. The lowest BCUT2D eigenvalue weighted by atomic mass is 10.1. The molecule has 1 N–H and O–H groups in total. The summed E-state index contributed by atoms with van der Waals surface area (Å²) in [7, 11) is 0. The van der Waals surface area contributed by atoms with E-state index in [9.17, 15) is 14.4 Å². The van der Waals surface area contributed by atoms with Gasteiger partial charge in [0.25, 0.3) is 11.8 Å². The number of amidine groups is 1. The third-order valence-electron chi connectivity index (χ3n) is 6.43. The third-order valence-corrected chi connectivity index (χ3v) is 7.65. The average Bonchev–Trinajstić information content (AvgIpc) is 3.55. The van der Waals surface area contributed by atoms with E-state index in [1.165, 1.54) is 11.8 Å². The second kappa shape index (κ2) is 10.5. The van der Waals surface area contributed by atoms with Gasteiger partial charge in [-0.15, -0.1) is 0 Å². The van der Waals surface area contributed by atoms with Crippen molar-refractivity contribution in [1.82, 2.24) is 14.8 Å². The van der Waals surface area contributed by atoms with Gasteiger partial charge in [-0.3, -0.25) is 14.4 Å². The van der Waals surface area contributed by atoms with E-state index in [0.717, 1.165) is 50.0 Å². The number of aromatic nitrogens is 1. The number of hydrogen-bond donors (Lipinski definition) is 1. The summed E-state index contributed by atoms with van der Waals surface area (Å²) in [6.07, 6.45) is 4.07. The fourth-order valence-electron chi connectivity index (χ4n) is 4.49. The molecule has 5 rings (SSSR count). The first-order chi connectivity index (χ1) is 17.1. The summed E-state index contributed by atoms with van der Waals surface area (Å²) >= 11 is 1.38. The van der Waals surface area contributed by atoms with E-state index < -0.39 is 5.25 Å². The third kappa shape index (κ3) is 5.48. The van der Waals surface area contributed by atoms with Gasteiger partial charge in [0.1, 0.15) is 11.1 Å². The van der Waals surface area contributed by atoms with Crippen LogP contribution in [0.2, 0.25) is 0 Å². The van der Waals surface area contributed by atoms with Crippen molar-refractivity contribution in [1.29, 1.82) is 0 Å². The van der Waals surface area contributed by atoms with Gasteiger partial charge in [0.15, 0.2) is 5.17 Å². The normalized spacial score (nSPS) is 20.2. The molecule has 1 atom stereocenters. The summed E-state index contributed by atoms with van der Waals surface area (Å²) < 4.78 is 0. The summed E-state index contributed by atoms with van der Waals surface area (Å²) in [5, 5.41) is 3.10. The monoisotopic (exact) mass is 492 g/mol. The Morgan fingerprint density at radius 3 is 2.37 bits per heavy atom. The minimum Gasteiger partial charge on any atom is -0.353 e. The fraction of sp³-hybridized carbons (Fsp3) is 0.400. The topological polar surface area (TPSA) is 98.2 Å². The van der Waals surface area contributed by atoms with Gasteiger partial charge < -0.3 is 20.0 Å². The van der Waals surface area contributed by atoms with E-state index in [2.05, 4.69) is 25.1 Å². The molecule has 0 saturated carbocycles. The Labute approximate surface area is 208 Å². The molecule has 0 spiro atoms. The fourth-order valence-corrected chi connectivity index (χ4v) is 5.61. The second-order valence-corrected chi connectivity index (χ2v) is 10.00. The van der Waals surface area contributed by atoms with Crippen LogP contribution in [-0.2, 0) is 9.59 Å². The molecule has 1 aromatic heterocycles. The highest BCUT2D eigenvalue weighted by Crippen LogP contribution is 2.29. The quantitative estimate of drug-likeness (QED) is 0.685. The molecule has 0 radical (unpaired) electrons. The number of likely N-dealkylation sites (tertiary alicyclic amines) is 1. The van der Waals surface area contributed by atoms with Crippen molar-refractivity contribution in [2.24, 2.45) is 4.99 Å². The molecule has 0 aliphatic carbocycles. The lowest BCUT2D eigenvalue weighted by Crippen LogP contribution is -2.49. The number of thioether (sulfide) groups is 1. The summed E-state index contributed by atoms with van der Waals surface area (Å²) in [4.78, 5) is 52.4. The van der Waals surface area contributed by atoms with E-state index in [0.29, 0.717) is 24.3 Å². The highest BCUT2D eigenvalue weighted by atomic mass is 32.2. The smallest absolute Gasteiger partial charge is 0.262 e. The zero-order chi connectivity index (χ0) is 24.2. The zero-order valence-corrected chi connectivity index (χ0v) is 20.2. The van der Waals surface area contributed by atoms with Crippen molar-refractivity contribution in [2.45, 2.75) is 24.5 Å². The van der Waals surface area contributed by atoms with Gasteiger partial charge in [-0.25, -0.2) is 4.98 Å². The number of carbonyl (C=O) groups excluding carboxylic acids is 3. The van der Waals surface area contributed by atoms with Crippen LogP contribution in [0.15, 0.2) is 53.7 Å². The first-order valence-corrected chi connectivity index (χ1v) is 12.8. The molecule has 3 amide bonds. The second-order valence-electron chi connectivity index (χ2n) is 8.83. The number of anilines is 2. The van der Waals surface area contributed by atoms with Crippen LogP contribution in [0.4, 0.5) is 11.5 Å². The zero-order valence-electron chi connectivity index (χ0n) is 19.4. The first kappa shape index (κ1) is 23.3. The maximum absolute atomic E-state index is 12.9. The number of rotatable bonds is 5. The number of aliphatic imine (C=N–C) groups is 1. The van der Waals surface area contributed by atoms with Gasteiger partial charge >= 0.3 is 0 Å². The molecule has 35 heavy (non-hydrogen) atoms. The minimum atomic E-state index is -0.476. The molecule has 2 saturated heterocycles. The number of pyridine rings is 1. The number of piperazine rings is 1. The molecule has 2 fully saturated rings. The molecule has 2 aromatic rings. The summed E-state index contributed by atoms with van der Waals surface area (Å²) in [6.45, 7) is 4.56. The van der Waals surface area contributed by atoms with Crippen molar-refractivity contribution >= 4 is 46.2 Å². The predicted octanol–water partition coefficient (Wildman–Crippen LogP) is 2.47. The van der Waals surface area contributed by atoms with Gasteiger partial charge in [0, 0.05) is 63.1 Å². The van der Waals surface area contributed by atoms with Gasteiger partial charge in [0.2, 0.25) is 5.91 Å². The Hall–Kier alpha value is -3.40. The van der Waals surface area contributed by atoms with Crippen molar-refractivity contribution in [2.75, 3.05) is 49.5 Å². The van der Waals surface area contributed by atoms with Crippen LogP contribution in [0.25, 0.3) is 0 Å². The molecule has 4 heterocycles. The van der Waals surface area contributed by atoms with Crippen molar-refractivity contribution in [3.05, 3.63) is 54.2 Å². The number of benzene rings is 1. The number of hydrogen-bond acceptors (Lipinski definition) is 7. The molecule has 0 unspecified atom stereocenters. The van der Waals surface area contributed by atoms with Crippen LogP contribution in [0.3, 0.4) is 0 Å². The van der Waals surface area contributed by atoms with Crippen LogP contribution < -0.4 is 10.2 Å². The minimum absolute atomic E-state index is 0.0249. The Morgan fingerprint density at radius 1 is 0.943 bits per heavy atom. The molecule has 0 bridgehead atoms.